The minimum absolute atomic E-state index is 0. The lowest BCUT2D eigenvalue weighted by Gasteiger charge is -2.35. The van der Waals surface area contributed by atoms with E-state index in [-0.39, 0.29) is 29.8 Å². The molecule has 2 aromatic rings. The van der Waals surface area contributed by atoms with Crippen LogP contribution in [0.25, 0.3) is 0 Å². The summed E-state index contributed by atoms with van der Waals surface area (Å²) in [5.41, 5.74) is 6.89. The number of piperazine rings is 1. The van der Waals surface area contributed by atoms with Gasteiger partial charge in [0.05, 0.1) is 0 Å². The Morgan fingerprint density at radius 1 is 1.31 bits per heavy atom. The Morgan fingerprint density at radius 3 is 2.81 bits per heavy atom. The molecule has 6 nitrogen and oxygen atoms in total. The minimum Gasteiger partial charge on any atom is -0.385 e. The summed E-state index contributed by atoms with van der Waals surface area (Å²) in [4.78, 5) is 13.2. The zero-order chi connectivity index (χ0) is 17.5. The van der Waals surface area contributed by atoms with Gasteiger partial charge in [-0.1, -0.05) is 6.07 Å². The van der Waals surface area contributed by atoms with Crippen LogP contribution in [0.4, 0.5) is 15.2 Å². The third kappa shape index (κ3) is 5.97. The Kier molecular flexibility index (Phi) is 8.36. The highest BCUT2D eigenvalue weighted by atomic mass is 127. The number of nitrogens with two attached hydrogens (primary N) is 1. The normalized spacial score (nSPS) is 14.9. The molecule has 2 heterocycles. The second kappa shape index (κ2) is 10.5. The molecule has 142 valence electrons. The SMILES string of the molecule is I.NC(=NCCCNc1cccc(F)c1)N1CCN(c2nccs2)CC1. The summed E-state index contributed by atoms with van der Waals surface area (Å²) in [5.74, 6) is 0.369. The number of nitrogens with zero attached hydrogens (tertiary/aromatic N) is 4. The van der Waals surface area contributed by atoms with Crippen molar-refractivity contribution in [3.05, 3.63) is 41.7 Å². The van der Waals surface area contributed by atoms with Crippen LogP contribution in [0.1, 0.15) is 6.42 Å². The van der Waals surface area contributed by atoms with Crippen molar-refractivity contribution in [3.63, 3.8) is 0 Å². The molecule has 3 N–H and O–H groups in total. The first-order valence-electron chi connectivity index (χ1n) is 8.41. The highest BCUT2D eigenvalue weighted by molar-refractivity contribution is 14.0. The molecule has 1 aromatic heterocycles. The van der Waals surface area contributed by atoms with E-state index < -0.39 is 0 Å². The number of hydrogen-bond acceptors (Lipinski definition) is 5. The third-order valence-electron chi connectivity index (χ3n) is 4.06. The fourth-order valence-corrected chi connectivity index (χ4v) is 3.40. The summed E-state index contributed by atoms with van der Waals surface area (Å²) >= 11 is 1.66. The summed E-state index contributed by atoms with van der Waals surface area (Å²) < 4.78 is 13.1. The molecular formula is C17H24FIN6S. The molecule has 0 unspecified atom stereocenters. The number of rotatable bonds is 6. The van der Waals surface area contributed by atoms with Gasteiger partial charge in [0, 0.05) is 56.5 Å². The number of halogens is 2. The van der Waals surface area contributed by atoms with Gasteiger partial charge in [-0.25, -0.2) is 9.37 Å². The summed E-state index contributed by atoms with van der Waals surface area (Å²) in [5, 5.41) is 6.25. The van der Waals surface area contributed by atoms with Gasteiger partial charge in [0.2, 0.25) is 0 Å². The first kappa shape index (κ1) is 20.7. The number of benzene rings is 1. The average Bonchev–Trinajstić information content (AvgIpc) is 3.16. The molecule has 0 radical (unpaired) electrons. The monoisotopic (exact) mass is 490 g/mol. The fourth-order valence-electron chi connectivity index (χ4n) is 2.70. The molecule has 1 aliphatic rings. The zero-order valence-corrected chi connectivity index (χ0v) is 17.6. The van der Waals surface area contributed by atoms with E-state index in [9.17, 15) is 4.39 Å². The number of thiazole rings is 1. The van der Waals surface area contributed by atoms with Gasteiger partial charge in [-0.05, 0) is 24.6 Å². The Bertz CT molecular complexity index is 688. The second-order valence-electron chi connectivity index (χ2n) is 5.82. The summed E-state index contributed by atoms with van der Waals surface area (Å²) in [6, 6.07) is 6.46. The maximum Gasteiger partial charge on any atom is 0.191 e. The number of hydrogen-bond donors (Lipinski definition) is 2. The molecular weight excluding hydrogens is 466 g/mol. The maximum atomic E-state index is 13.1. The average molecular weight is 490 g/mol. The van der Waals surface area contributed by atoms with Crippen LogP contribution in [0, 0.1) is 5.82 Å². The van der Waals surface area contributed by atoms with Crippen LogP contribution in [0.5, 0.6) is 0 Å². The summed E-state index contributed by atoms with van der Waals surface area (Å²) in [6.07, 6.45) is 2.68. The van der Waals surface area contributed by atoms with Crippen molar-refractivity contribution in [3.8, 4) is 0 Å². The molecule has 1 aliphatic heterocycles. The van der Waals surface area contributed by atoms with Crippen LogP contribution in [0.3, 0.4) is 0 Å². The Hall–Kier alpha value is -1.62. The lowest BCUT2D eigenvalue weighted by Crippen LogP contribution is -2.51. The number of nitrogens with one attached hydrogen (secondary N) is 1. The van der Waals surface area contributed by atoms with Crippen LogP contribution < -0.4 is 16.0 Å². The second-order valence-corrected chi connectivity index (χ2v) is 6.69. The fraction of sp³-hybridized carbons (Fsp3) is 0.412. The topological polar surface area (TPSA) is 69.8 Å². The predicted molar refractivity (Wildman–Crippen MR) is 117 cm³/mol. The van der Waals surface area contributed by atoms with Gasteiger partial charge in [-0.2, -0.15) is 0 Å². The van der Waals surface area contributed by atoms with Crippen molar-refractivity contribution >= 4 is 52.1 Å². The van der Waals surface area contributed by atoms with Crippen LogP contribution in [-0.2, 0) is 0 Å². The highest BCUT2D eigenvalue weighted by Crippen LogP contribution is 2.18. The first-order chi connectivity index (χ1) is 12.2. The van der Waals surface area contributed by atoms with E-state index in [2.05, 4.69) is 25.1 Å². The zero-order valence-electron chi connectivity index (χ0n) is 14.5. The smallest absolute Gasteiger partial charge is 0.191 e. The molecule has 0 atom stereocenters. The lowest BCUT2D eigenvalue weighted by atomic mass is 10.3. The van der Waals surface area contributed by atoms with Gasteiger partial charge < -0.3 is 20.9 Å². The van der Waals surface area contributed by atoms with Crippen molar-refractivity contribution in [1.29, 1.82) is 0 Å². The van der Waals surface area contributed by atoms with E-state index >= 15 is 0 Å². The van der Waals surface area contributed by atoms with E-state index in [1.54, 1.807) is 17.4 Å². The van der Waals surface area contributed by atoms with E-state index in [0.717, 1.165) is 50.0 Å². The molecule has 1 saturated heterocycles. The minimum atomic E-state index is -0.232. The Balaban J connectivity index is 0.00000243. The Labute approximate surface area is 174 Å². The van der Waals surface area contributed by atoms with E-state index in [0.29, 0.717) is 12.5 Å². The van der Waals surface area contributed by atoms with Crippen LogP contribution in [0.2, 0.25) is 0 Å². The van der Waals surface area contributed by atoms with Crippen molar-refractivity contribution in [2.45, 2.75) is 6.42 Å². The van der Waals surface area contributed by atoms with Gasteiger partial charge in [-0.3, -0.25) is 4.99 Å². The standard InChI is InChI=1S/C17H23FN6S.HI/c18-14-3-1-4-15(13-14)20-5-2-6-21-16(19)23-8-10-24(11-9-23)17-22-7-12-25-17;/h1,3-4,7,12-13,20H,2,5-6,8-11H2,(H2,19,21);1H. The molecule has 3 rings (SSSR count). The highest BCUT2D eigenvalue weighted by Gasteiger charge is 2.19. The molecule has 1 fully saturated rings. The van der Waals surface area contributed by atoms with Gasteiger partial charge in [0.25, 0.3) is 0 Å². The van der Waals surface area contributed by atoms with Crippen LogP contribution in [0.15, 0.2) is 40.8 Å². The quantitative estimate of drug-likeness (QED) is 0.282. The number of guanidine groups is 1. The van der Waals surface area contributed by atoms with Gasteiger partial charge in [0.1, 0.15) is 5.82 Å². The van der Waals surface area contributed by atoms with Crippen molar-refractivity contribution in [2.75, 3.05) is 49.5 Å². The molecule has 26 heavy (non-hydrogen) atoms. The van der Waals surface area contributed by atoms with E-state index in [1.807, 2.05) is 17.6 Å². The Morgan fingerprint density at radius 2 is 2.12 bits per heavy atom. The predicted octanol–water partition coefficient (Wildman–Crippen LogP) is 2.84. The number of aliphatic imine (C=N–C) groups is 1. The lowest BCUT2D eigenvalue weighted by molar-refractivity contribution is 0.380. The van der Waals surface area contributed by atoms with E-state index in [4.69, 9.17) is 5.73 Å². The van der Waals surface area contributed by atoms with Crippen LogP contribution >= 0.6 is 35.3 Å². The molecule has 0 spiro atoms. The van der Waals surface area contributed by atoms with Crippen molar-refractivity contribution in [2.24, 2.45) is 10.7 Å². The molecule has 9 heteroatoms. The third-order valence-corrected chi connectivity index (χ3v) is 4.89. The van der Waals surface area contributed by atoms with Gasteiger partial charge >= 0.3 is 0 Å². The van der Waals surface area contributed by atoms with Gasteiger partial charge in [0.15, 0.2) is 11.1 Å². The molecule has 0 saturated carbocycles. The largest absolute Gasteiger partial charge is 0.385 e. The van der Waals surface area contributed by atoms with Crippen LogP contribution in [-0.4, -0.2) is 55.1 Å². The summed E-state index contributed by atoms with van der Waals surface area (Å²) in [6.45, 7) is 4.92. The van der Waals surface area contributed by atoms with Crippen molar-refractivity contribution in [1.82, 2.24) is 9.88 Å². The molecule has 0 aliphatic carbocycles. The molecule has 0 amide bonds. The molecule has 1 aromatic carbocycles. The summed E-state index contributed by atoms with van der Waals surface area (Å²) in [7, 11) is 0. The number of anilines is 2. The van der Waals surface area contributed by atoms with Gasteiger partial charge in [-0.15, -0.1) is 35.3 Å². The van der Waals surface area contributed by atoms with Crippen molar-refractivity contribution < 1.29 is 4.39 Å². The van der Waals surface area contributed by atoms with E-state index in [1.165, 1.54) is 12.1 Å². The first-order valence-corrected chi connectivity index (χ1v) is 9.29. The number of aromatic nitrogens is 1. The molecule has 0 bridgehead atoms. The maximum absolute atomic E-state index is 13.1.